The van der Waals surface area contributed by atoms with Crippen LogP contribution in [0.15, 0.2) is 0 Å². The van der Waals surface area contributed by atoms with E-state index in [2.05, 4.69) is 0 Å². The molecule has 0 saturated heterocycles. The van der Waals surface area contributed by atoms with E-state index in [1.807, 2.05) is 6.79 Å². The van der Waals surface area contributed by atoms with Crippen molar-refractivity contribution in [2.45, 2.75) is 0 Å². The van der Waals surface area contributed by atoms with E-state index in [0.717, 1.165) is 0 Å². The molecule has 0 aromatic carbocycles. The first-order valence-corrected chi connectivity index (χ1v) is 2.29. The first kappa shape index (κ1) is 30.0. The zero-order valence-corrected chi connectivity index (χ0v) is 12.5. The summed E-state index contributed by atoms with van der Waals surface area (Å²) in [5.74, 6) is 0. The molecule has 0 spiro atoms. The minimum atomic E-state index is -0.750. The second kappa shape index (κ2) is 78.3. The summed E-state index contributed by atoms with van der Waals surface area (Å²) in [5.41, 5.74) is 0. The topological polar surface area (TPSA) is 109 Å². The maximum Gasteiger partial charge on any atom is 2.00 e. The van der Waals surface area contributed by atoms with Crippen LogP contribution in [0.1, 0.15) is 0 Å². The van der Waals surface area contributed by atoms with Crippen LogP contribution >= 0.6 is 24.6 Å². The van der Waals surface area contributed by atoms with Crippen molar-refractivity contribution in [2.75, 3.05) is 0 Å². The van der Waals surface area contributed by atoms with Crippen molar-refractivity contribution in [3.05, 3.63) is 0 Å². The molecule has 0 aliphatic heterocycles. The molecule has 0 aromatic heterocycles. The van der Waals surface area contributed by atoms with Gasteiger partial charge in [0.15, 0.2) is 0 Å². The molecule has 0 aliphatic rings. The molecule has 0 aromatic rings. The summed E-state index contributed by atoms with van der Waals surface area (Å²) in [7, 11) is 0. The number of rotatable bonds is 0. The van der Waals surface area contributed by atoms with Crippen molar-refractivity contribution in [1.82, 2.24) is 0 Å². The quantitative estimate of drug-likeness (QED) is 0.447. The molecule has 0 fully saturated rings. The zero-order chi connectivity index (χ0) is 7.41. The van der Waals surface area contributed by atoms with Crippen LogP contribution in [0.2, 0.25) is 0 Å². The van der Waals surface area contributed by atoms with Gasteiger partial charge in [0.05, 0.1) is 0 Å². The van der Waals surface area contributed by atoms with Gasteiger partial charge in [0.2, 0.25) is 0 Å². The third kappa shape index (κ3) is 319. The van der Waals surface area contributed by atoms with E-state index in [0.29, 0.717) is 0 Å². The fraction of sp³-hybridized carbons (Fsp3) is 0. The first-order valence-electron chi connectivity index (χ1n) is 0.955. The van der Waals surface area contributed by atoms with E-state index in [1.165, 1.54) is 0 Å². The van der Waals surface area contributed by atoms with Crippen LogP contribution < -0.4 is 0 Å². The second-order valence-corrected chi connectivity index (χ2v) is 0.408. The van der Waals surface area contributed by atoms with E-state index < -0.39 is 24.6 Å². The molecule has 0 atom stereocenters. The summed E-state index contributed by atoms with van der Waals surface area (Å²) in [4.78, 5) is 8.00. The molecule has 0 rings (SSSR count). The third-order valence-electron chi connectivity index (χ3n) is 0. The normalized spacial score (nSPS) is 4.00. The van der Waals surface area contributed by atoms with Crippen LogP contribution in [0, 0.1) is 0 Å². The molecule has 10 heavy (non-hydrogen) atoms. The van der Waals surface area contributed by atoms with E-state index in [9.17, 15) is 0 Å². The van der Waals surface area contributed by atoms with E-state index in [1.54, 1.807) is 0 Å². The summed E-state index contributed by atoms with van der Waals surface area (Å²) in [6, 6.07) is 0. The van der Waals surface area contributed by atoms with Gasteiger partial charge in [-0.05, 0) is 0 Å². The van der Waals surface area contributed by atoms with Gasteiger partial charge in [-0.2, -0.15) is 0 Å². The Labute approximate surface area is 92.9 Å². The maximum atomic E-state index is 8.29. The van der Waals surface area contributed by atoms with Crippen molar-refractivity contribution in [1.29, 1.82) is 0 Å². The van der Waals surface area contributed by atoms with Crippen molar-refractivity contribution in [3.8, 4) is 0 Å². The van der Waals surface area contributed by atoms with Crippen molar-refractivity contribution in [2.24, 2.45) is 0 Å². The third-order valence-corrected chi connectivity index (χ3v) is 0. The van der Waals surface area contributed by atoms with Gasteiger partial charge < -0.3 is 47.7 Å². The Hall–Kier alpha value is 1.46. The van der Waals surface area contributed by atoms with Crippen molar-refractivity contribution >= 4 is 31.4 Å². The number of hydrogen-bond donors (Lipinski definition) is 0. The number of carbonyl (C=O) groups excluding carboxylic acids is 1. The summed E-state index contributed by atoms with van der Waals surface area (Å²) in [6.45, 7) is 2.00. The van der Waals surface area contributed by atoms with Gasteiger partial charge in [-0.3, -0.25) is 0 Å². The van der Waals surface area contributed by atoms with Gasteiger partial charge in [0.1, 0.15) is 6.79 Å². The molecule has 0 N–H and O–H groups in total. The smallest absolute Gasteiger partial charge is 0.811 e. The van der Waals surface area contributed by atoms with Gasteiger partial charge in [-0.15, -0.1) is 0 Å². The Morgan fingerprint density at radius 1 is 0.800 bits per heavy atom. The SMILES string of the molecule is C=O.[O-]S[O-].[O-]S[O-].[Zn+2].[Zn+2]. The molecule has 52 valence electrons. The molecule has 0 saturated carbocycles. The Kier molecular flexibility index (Phi) is 235. The molecular formula is CH2O5S2Zn2. The molecule has 0 heterocycles. The van der Waals surface area contributed by atoms with Gasteiger partial charge >= 0.3 is 39.0 Å². The fourth-order valence-electron chi connectivity index (χ4n) is 0. The molecule has 0 radical (unpaired) electrons. The van der Waals surface area contributed by atoms with Crippen LogP contribution in [0.5, 0.6) is 0 Å². The Balaban J connectivity index is -0.0000000116. The molecule has 5 nitrogen and oxygen atoms in total. The Bertz CT molecular complexity index is 25.1. The van der Waals surface area contributed by atoms with Gasteiger partial charge in [0.25, 0.3) is 0 Å². The number of hydrogen-bond acceptors (Lipinski definition) is 7. The van der Waals surface area contributed by atoms with E-state index in [-0.39, 0.29) is 39.0 Å². The average Bonchev–Trinajstić information content (AvgIpc) is 1.75. The van der Waals surface area contributed by atoms with Crippen LogP contribution in [-0.2, 0) is 43.8 Å². The molecule has 0 aliphatic carbocycles. The minimum Gasteiger partial charge on any atom is -0.811 e. The predicted octanol–water partition coefficient (Wildman–Crippen LogP) is -0.229. The molecule has 0 bridgehead atoms. The van der Waals surface area contributed by atoms with E-state index >= 15 is 0 Å². The Morgan fingerprint density at radius 3 is 0.800 bits per heavy atom. The zero-order valence-electron chi connectivity index (χ0n) is 4.98. The Morgan fingerprint density at radius 2 is 0.800 bits per heavy atom. The summed E-state index contributed by atoms with van der Waals surface area (Å²) < 4.78 is 33.2. The van der Waals surface area contributed by atoms with Gasteiger partial charge in [-0.1, -0.05) is 0 Å². The van der Waals surface area contributed by atoms with Gasteiger partial charge in [0, 0.05) is 0 Å². The van der Waals surface area contributed by atoms with Gasteiger partial charge in [-0.25, -0.2) is 0 Å². The fourth-order valence-corrected chi connectivity index (χ4v) is 0. The van der Waals surface area contributed by atoms with Crippen LogP contribution in [0.25, 0.3) is 0 Å². The minimum absolute atomic E-state index is 0. The largest absolute Gasteiger partial charge is 2.00 e. The predicted molar refractivity (Wildman–Crippen MR) is 25.4 cm³/mol. The maximum absolute atomic E-state index is 8.29. The van der Waals surface area contributed by atoms with Crippen molar-refractivity contribution in [3.63, 3.8) is 0 Å². The molecule has 9 heteroatoms. The molecule has 0 unspecified atom stereocenters. The molecular weight excluding hydrogens is 287 g/mol. The molecule has 0 amide bonds. The van der Waals surface area contributed by atoms with Crippen LogP contribution in [0.3, 0.4) is 0 Å². The summed E-state index contributed by atoms with van der Waals surface area (Å²) in [5, 5.41) is 0. The van der Waals surface area contributed by atoms with Crippen molar-refractivity contribution < 1.29 is 62.0 Å². The van der Waals surface area contributed by atoms with Crippen LogP contribution in [0.4, 0.5) is 0 Å². The monoisotopic (exact) mass is 286 g/mol. The number of carbonyl (C=O) groups is 1. The standard InChI is InChI=1S/CH2O.2H2O2S.2Zn/c1-2;2*1-3-2;;/h1H2;2*1-2H;;/q;;;2*+2/p-4. The van der Waals surface area contributed by atoms with E-state index in [4.69, 9.17) is 23.0 Å². The van der Waals surface area contributed by atoms with Crippen LogP contribution in [-0.4, -0.2) is 25.0 Å². The first-order chi connectivity index (χ1) is 3.83. The second-order valence-electron chi connectivity index (χ2n) is 0.136. The summed E-state index contributed by atoms with van der Waals surface area (Å²) in [6.07, 6.45) is 0. The summed E-state index contributed by atoms with van der Waals surface area (Å²) >= 11 is -1.50. The average molecular weight is 289 g/mol.